The van der Waals surface area contributed by atoms with Crippen LogP contribution < -0.4 is 10.2 Å². The number of hydrogen-bond acceptors (Lipinski definition) is 6. The van der Waals surface area contributed by atoms with Gasteiger partial charge in [0.05, 0.1) is 11.7 Å². The molecule has 0 bridgehead atoms. The molecule has 0 fully saturated rings. The largest absolute Gasteiger partial charge is 0.340 e. The lowest BCUT2D eigenvalue weighted by Gasteiger charge is -2.24. The van der Waals surface area contributed by atoms with Crippen LogP contribution in [0.3, 0.4) is 0 Å². The average Bonchev–Trinajstić information content (AvgIpc) is 3.20. The van der Waals surface area contributed by atoms with Crippen LogP contribution in [0.4, 0.5) is 17.2 Å². The minimum atomic E-state index is 0.0362. The van der Waals surface area contributed by atoms with Gasteiger partial charge in [0.25, 0.3) is 0 Å². The number of ketones is 1. The molecule has 0 saturated heterocycles. The highest BCUT2D eigenvalue weighted by Crippen LogP contribution is 2.31. The van der Waals surface area contributed by atoms with Crippen molar-refractivity contribution in [2.75, 3.05) is 16.8 Å². The molecule has 5 rings (SSSR count). The number of nitrogens with zero attached hydrogens (tertiary/aromatic N) is 4. The summed E-state index contributed by atoms with van der Waals surface area (Å²) < 4.78 is 0. The predicted molar refractivity (Wildman–Crippen MR) is 132 cm³/mol. The number of Topliss-reactive ketones (excluding diaryl/α,β-unsaturated/α-hetero) is 1. The van der Waals surface area contributed by atoms with Crippen molar-refractivity contribution in [1.82, 2.24) is 20.2 Å². The van der Waals surface area contributed by atoms with E-state index in [9.17, 15) is 9.59 Å². The van der Waals surface area contributed by atoms with E-state index < -0.39 is 0 Å². The van der Waals surface area contributed by atoms with Crippen molar-refractivity contribution in [2.24, 2.45) is 5.92 Å². The summed E-state index contributed by atoms with van der Waals surface area (Å²) in [6.07, 6.45) is 4.62. The Hall–Kier alpha value is -4.07. The molecule has 0 radical (unpaired) electrons. The molecule has 0 saturated carbocycles. The molecule has 0 unspecified atom stereocenters. The van der Waals surface area contributed by atoms with Gasteiger partial charge in [0.1, 0.15) is 11.6 Å². The number of benzene rings is 2. The third kappa shape index (κ3) is 4.52. The SMILES string of the molecule is CC(C)CC(=O)N1CCC(=O)Cc2ccc(-c3nccc(Nc4ccc5[nH]ncc5c4)n3)cc21. The summed E-state index contributed by atoms with van der Waals surface area (Å²) in [4.78, 5) is 36.2. The number of rotatable bonds is 5. The maximum absolute atomic E-state index is 13.0. The standard InChI is InChI=1S/C26H26N6O2/c1-16(2)11-25(34)32-10-8-21(33)13-17-3-4-18(14-23(17)32)26-27-9-7-24(30-26)29-20-5-6-22-19(12-20)15-28-31-22/h3-7,9,12,14-16H,8,10-11,13H2,1-2H3,(H,28,31)(H,27,29,30). The Kier molecular flexibility index (Phi) is 5.79. The number of fused-ring (bicyclic) bond motifs is 2. The van der Waals surface area contributed by atoms with Gasteiger partial charge in [-0.05, 0) is 41.8 Å². The second-order valence-electron chi connectivity index (χ2n) is 9.01. The first-order chi connectivity index (χ1) is 16.5. The monoisotopic (exact) mass is 454 g/mol. The summed E-state index contributed by atoms with van der Waals surface area (Å²) in [7, 11) is 0. The molecular weight excluding hydrogens is 428 g/mol. The summed E-state index contributed by atoms with van der Waals surface area (Å²) >= 11 is 0. The molecule has 2 N–H and O–H groups in total. The zero-order valence-electron chi connectivity index (χ0n) is 19.2. The van der Waals surface area contributed by atoms with Gasteiger partial charge in [-0.15, -0.1) is 0 Å². The summed E-state index contributed by atoms with van der Waals surface area (Å²) in [6, 6.07) is 13.5. The Morgan fingerprint density at radius 2 is 2.06 bits per heavy atom. The van der Waals surface area contributed by atoms with Crippen molar-refractivity contribution < 1.29 is 9.59 Å². The molecule has 1 aliphatic heterocycles. The average molecular weight is 455 g/mol. The van der Waals surface area contributed by atoms with Gasteiger partial charge in [0, 0.05) is 54.3 Å². The van der Waals surface area contributed by atoms with E-state index in [1.54, 1.807) is 17.3 Å². The van der Waals surface area contributed by atoms with E-state index in [4.69, 9.17) is 4.98 Å². The number of aromatic amines is 1. The molecule has 0 atom stereocenters. The van der Waals surface area contributed by atoms with Crippen LogP contribution in [0, 0.1) is 5.92 Å². The molecule has 1 amide bonds. The maximum Gasteiger partial charge on any atom is 0.227 e. The third-order valence-corrected chi connectivity index (χ3v) is 5.89. The highest BCUT2D eigenvalue weighted by atomic mass is 16.2. The van der Waals surface area contributed by atoms with Crippen molar-refractivity contribution in [3.05, 3.63) is 60.4 Å². The Balaban J connectivity index is 1.46. The van der Waals surface area contributed by atoms with E-state index in [0.29, 0.717) is 37.4 Å². The lowest BCUT2D eigenvalue weighted by atomic mass is 10.0. The van der Waals surface area contributed by atoms with Crippen LogP contribution in [0.15, 0.2) is 54.9 Å². The van der Waals surface area contributed by atoms with Crippen LogP contribution in [-0.4, -0.2) is 38.4 Å². The molecule has 8 nitrogen and oxygen atoms in total. The fourth-order valence-corrected chi connectivity index (χ4v) is 4.22. The van der Waals surface area contributed by atoms with Gasteiger partial charge < -0.3 is 10.2 Å². The molecule has 4 aromatic rings. The van der Waals surface area contributed by atoms with Crippen LogP contribution in [0.1, 0.15) is 32.3 Å². The molecule has 1 aliphatic rings. The van der Waals surface area contributed by atoms with Gasteiger partial charge in [0.15, 0.2) is 5.82 Å². The van der Waals surface area contributed by atoms with E-state index in [2.05, 4.69) is 20.5 Å². The number of carbonyl (C=O) groups is 2. The number of hydrogen-bond donors (Lipinski definition) is 2. The first kappa shape index (κ1) is 21.8. The van der Waals surface area contributed by atoms with Crippen molar-refractivity contribution in [3.63, 3.8) is 0 Å². The molecule has 172 valence electrons. The summed E-state index contributed by atoms with van der Waals surface area (Å²) in [5.41, 5.74) is 4.30. The third-order valence-electron chi connectivity index (χ3n) is 5.89. The van der Waals surface area contributed by atoms with Gasteiger partial charge in [0.2, 0.25) is 5.91 Å². The lowest BCUT2D eigenvalue weighted by molar-refractivity contribution is -0.119. The number of anilines is 3. The number of aromatic nitrogens is 4. The molecule has 3 heterocycles. The lowest BCUT2D eigenvalue weighted by Crippen LogP contribution is -2.32. The molecular formula is C26H26N6O2. The fraction of sp³-hybridized carbons (Fsp3) is 0.269. The maximum atomic E-state index is 13.0. The van der Waals surface area contributed by atoms with Crippen molar-refractivity contribution in [3.8, 4) is 11.4 Å². The van der Waals surface area contributed by atoms with E-state index in [0.717, 1.165) is 33.4 Å². The topological polar surface area (TPSA) is 104 Å². The molecule has 0 spiro atoms. The minimum absolute atomic E-state index is 0.0362. The zero-order chi connectivity index (χ0) is 23.7. The van der Waals surface area contributed by atoms with Gasteiger partial charge >= 0.3 is 0 Å². The molecule has 2 aromatic heterocycles. The molecule has 8 heteroatoms. The second kappa shape index (κ2) is 9.05. The van der Waals surface area contributed by atoms with E-state index in [1.165, 1.54) is 0 Å². The highest BCUT2D eigenvalue weighted by Gasteiger charge is 2.25. The summed E-state index contributed by atoms with van der Waals surface area (Å²) in [6.45, 7) is 4.45. The Labute approximate surface area is 197 Å². The van der Waals surface area contributed by atoms with Gasteiger partial charge in [-0.2, -0.15) is 5.10 Å². The van der Waals surface area contributed by atoms with E-state index in [1.807, 2.05) is 56.3 Å². The summed E-state index contributed by atoms with van der Waals surface area (Å²) in [5, 5.41) is 11.3. The minimum Gasteiger partial charge on any atom is -0.340 e. The number of carbonyl (C=O) groups excluding carboxylic acids is 2. The number of nitrogens with one attached hydrogen (secondary N) is 2. The fourth-order valence-electron chi connectivity index (χ4n) is 4.22. The first-order valence-corrected chi connectivity index (χ1v) is 11.4. The van der Waals surface area contributed by atoms with Crippen LogP contribution >= 0.6 is 0 Å². The number of amides is 1. The Bertz CT molecular complexity index is 1380. The zero-order valence-corrected chi connectivity index (χ0v) is 19.2. The van der Waals surface area contributed by atoms with Gasteiger partial charge in [-0.3, -0.25) is 14.7 Å². The molecule has 0 aliphatic carbocycles. The highest BCUT2D eigenvalue weighted by molar-refractivity contribution is 5.98. The van der Waals surface area contributed by atoms with Crippen LogP contribution in [0.2, 0.25) is 0 Å². The van der Waals surface area contributed by atoms with Crippen LogP contribution in [-0.2, 0) is 16.0 Å². The van der Waals surface area contributed by atoms with Gasteiger partial charge in [-0.25, -0.2) is 9.97 Å². The predicted octanol–water partition coefficient (Wildman–Crippen LogP) is 4.66. The van der Waals surface area contributed by atoms with Crippen molar-refractivity contribution in [1.29, 1.82) is 0 Å². The Morgan fingerprint density at radius 1 is 1.18 bits per heavy atom. The van der Waals surface area contributed by atoms with Crippen LogP contribution in [0.5, 0.6) is 0 Å². The summed E-state index contributed by atoms with van der Waals surface area (Å²) in [5.74, 6) is 1.63. The van der Waals surface area contributed by atoms with Crippen molar-refractivity contribution >= 4 is 39.8 Å². The smallest absolute Gasteiger partial charge is 0.227 e. The Morgan fingerprint density at radius 3 is 2.91 bits per heavy atom. The quantitative estimate of drug-likeness (QED) is 0.455. The normalized spacial score (nSPS) is 13.7. The second-order valence-corrected chi connectivity index (χ2v) is 9.01. The first-order valence-electron chi connectivity index (χ1n) is 11.4. The molecule has 2 aromatic carbocycles. The van der Waals surface area contributed by atoms with E-state index >= 15 is 0 Å². The van der Waals surface area contributed by atoms with Gasteiger partial charge in [-0.1, -0.05) is 26.0 Å². The van der Waals surface area contributed by atoms with Crippen molar-refractivity contribution in [2.45, 2.75) is 33.1 Å². The molecule has 34 heavy (non-hydrogen) atoms. The number of H-pyrrole nitrogens is 1. The van der Waals surface area contributed by atoms with E-state index in [-0.39, 0.29) is 17.6 Å². The van der Waals surface area contributed by atoms with Crippen LogP contribution in [0.25, 0.3) is 22.3 Å².